The first-order valence-electron chi connectivity index (χ1n) is 9.74. The molecule has 0 unspecified atom stereocenters. The number of anilines is 1. The Labute approximate surface area is 170 Å². The third kappa shape index (κ3) is 5.11. The zero-order chi connectivity index (χ0) is 19.9. The van der Waals surface area contributed by atoms with Crippen molar-refractivity contribution in [2.24, 2.45) is 0 Å². The van der Waals surface area contributed by atoms with Crippen LogP contribution in [0.5, 0.6) is 11.5 Å². The number of ether oxygens (including phenoxy) is 2. The van der Waals surface area contributed by atoms with Crippen molar-refractivity contribution in [1.29, 1.82) is 0 Å². The van der Waals surface area contributed by atoms with Crippen LogP contribution in [0.15, 0.2) is 29.6 Å². The summed E-state index contributed by atoms with van der Waals surface area (Å²) in [6.07, 6.45) is 0. The van der Waals surface area contributed by atoms with Crippen molar-refractivity contribution in [3.8, 4) is 22.9 Å². The highest BCUT2D eigenvalue weighted by Gasteiger charge is 2.13. The van der Waals surface area contributed by atoms with Gasteiger partial charge < -0.3 is 20.1 Å². The molecular weight excluding hydrogens is 372 g/mol. The van der Waals surface area contributed by atoms with E-state index in [-0.39, 0.29) is 0 Å². The molecule has 0 bridgehead atoms. The fourth-order valence-electron chi connectivity index (χ4n) is 2.79. The zero-order valence-corrected chi connectivity index (χ0v) is 17.7. The van der Waals surface area contributed by atoms with E-state index in [1.54, 1.807) is 11.3 Å². The number of hydrogen-bond acceptors (Lipinski definition) is 7. The van der Waals surface area contributed by atoms with E-state index in [1.165, 1.54) is 0 Å². The first kappa shape index (κ1) is 20.4. The smallest absolute Gasteiger partial charge is 0.183 e. The minimum Gasteiger partial charge on any atom is -0.493 e. The summed E-state index contributed by atoms with van der Waals surface area (Å²) in [7, 11) is 0. The Bertz CT molecular complexity index is 911. The van der Waals surface area contributed by atoms with Gasteiger partial charge in [-0.1, -0.05) is 6.92 Å². The second-order valence-corrected chi connectivity index (χ2v) is 7.51. The molecule has 2 aromatic heterocycles. The molecule has 1 aromatic carbocycles. The number of benzene rings is 1. The summed E-state index contributed by atoms with van der Waals surface area (Å²) in [5.41, 5.74) is 2.48. The maximum atomic E-state index is 5.87. The van der Waals surface area contributed by atoms with Gasteiger partial charge >= 0.3 is 0 Å². The lowest BCUT2D eigenvalue weighted by Crippen LogP contribution is -2.20. The number of nitrogens with one attached hydrogen (secondary N) is 2. The maximum absolute atomic E-state index is 5.87. The van der Waals surface area contributed by atoms with Crippen molar-refractivity contribution in [3.63, 3.8) is 0 Å². The van der Waals surface area contributed by atoms with Gasteiger partial charge in [0.05, 0.1) is 17.8 Å². The number of thiazole rings is 1. The molecule has 0 amide bonds. The number of nitrogens with zero attached hydrogens (tertiary/aromatic N) is 2. The molecule has 6 nitrogen and oxygen atoms in total. The van der Waals surface area contributed by atoms with Crippen molar-refractivity contribution in [3.05, 3.63) is 29.6 Å². The summed E-state index contributed by atoms with van der Waals surface area (Å²) in [4.78, 5) is 9.50. The largest absolute Gasteiger partial charge is 0.493 e. The van der Waals surface area contributed by atoms with Crippen LogP contribution < -0.4 is 20.1 Å². The number of aromatic nitrogens is 2. The lowest BCUT2D eigenvalue weighted by Gasteiger charge is -2.11. The van der Waals surface area contributed by atoms with Gasteiger partial charge in [0.2, 0.25) is 0 Å². The van der Waals surface area contributed by atoms with Crippen LogP contribution >= 0.6 is 11.3 Å². The highest BCUT2D eigenvalue weighted by atomic mass is 32.1. The Hall–Kier alpha value is -2.38. The van der Waals surface area contributed by atoms with Gasteiger partial charge in [-0.15, -0.1) is 11.3 Å². The van der Waals surface area contributed by atoms with Crippen LogP contribution in [-0.2, 0) is 0 Å². The molecule has 0 atom stereocenters. The van der Waals surface area contributed by atoms with Crippen LogP contribution in [0.3, 0.4) is 0 Å². The van der Waals surface area contributed by atoms with Crippen molar-refractivity contribution in [1.82, 2.24) is 15.3 Å². The fraction of sp³-hybridized carbons (Fsp3) is 0.429. The fourth-order valence-corrected chi connectivity index (χ4v) is 3.65. The van der Waals surface area contributed by atoms with Gasteiger partial charge in [-0.25, -0.2) is 9.97 Å². The van der Waals surface area contributed by atoms with Gasteiger partial charge in [0, 0.05) is 35.5 Å². The van der Waals surface area contributed by atoms with Crippen LogP contribution in [0, 0.1) is 0 Å². The first-order chi connectivity index (χ1) is 13.6. The Morgan fingerprint density at radius 2 is 1.93 bits per heavy atom. The molecule has 0 aliphatic carbocycles. The highest BCUT2D eigenvalue weighted by Crippen LogP contribution is 2.33. The minimum absolute atomic E-state index is 0.337. The second kappa shape index (κ2) is 9.71. The zero-order valence-electron chi connectivity index (χ0n) is 16.9. The van der Waals surface area contributed by atoms with Crippen LogP contribution in [0.1, 0.15) is 27.7 Å². The molecule has 3 aromatic rings. The number of rotatable bonds is 10. The number of fused-ring (bicyclic) bond motifs is 1. The molecule has 0 fully saturated rings. The number of likely N-dealkylation sites (N-methyl/N-ethyl adjacent to an activating group) is 1. The Morgan fingerprint density at radius 3 is 2.68 bits per heavy atom. The molecule has 7 heteroatoms. The molecule has 150 valence electrons. The topological polar surface area (TPSA) is 68.3 Å². The van der Waals surface area contributed by atoms with Crippen LogP contribution in [0.4, 0.5) is 5.13 Å². The van der Waals surface area contributed by atoms with Crippen molar-refractivity contribution < 1.29 is 9.47 Å². The van der Waals surface area contributed by atoms with Gasteiger partial charge in [0.15, 0.2) is 5.13 Å². The SMILES string of the molecule is CCNCCOc1ccc2c(OCC)cc(-c3csc(NC(C)C)n3)nc2c1. The average Bonchev–Trinajstić information content (AvgIpc) is 3.13. The Balaban J connectivity index is 1.92. The highest BCUT2D eigenvalue weighted by molar-refractivity contribution is 7.14. The third-order valence-corrected chi connectivity index (χ3v) is 4.79. The molecule has 0 aliphatic heterocycles. The lowest BCUT2D eigenvalue weighted by atomic mass is 10.1. The molecule has 0 spiro atoms. The molecule has 0 saturated heterocycles. The van der Waals surface area contributed by atoms with E-state index in [4.69, 9.17) is 14.5 Å². The standard InChI is InChI=1S/C21H28N4O2S/c1-5-22-9-10-27-15-7-8-16-17(11-15)24-18(12-20(16)26-6-2)19-13-28-21(25-19)23-14(3)4/h7-8,11-14,22H,5-6,9-10H2,1-4H3,(H,23,25). The quantitative estimate of drug-likeness (QED) is 0.486. The Kier molecular flexibility index (Phi) is 7.06. The van der Waals surface area contributed by atoms with E-state index in [1.807, 2.05) is 36.6 Å². The minimum atomic E-state index is 0.337. The Morgan fingerprint density at radius 1 is 1.07 bits per heavy atom. The normalized spacial score (nSPS) is 11.2. The van der Waals surface area contributed by atoms with Crippen LogP contribution in [0.25, 0.3) is 22.3 Å². The number of hydrogen-bond donors (Lipinski definition) is 2. The van der Waals surface area contributed by atoms with Crippen LogP contribution in [0.2, 0.25) is 0 Å². The van der Waals surface area contributed by atoms with Crippen LogP contribution in [-0.4, -0.2) is 42.3 Å². The molecule has 0 aliphatic rings. The van der Waals surface area contributed by atoms with Crippen molar-refractivity contribution in [2.75, 3.05) is 31.6 Å². The number of pyridine rings is 1. The predicted molar refractivity (Wildman–Crippen MR) is 117 cm³/mol. The average molecular weight is 401 g/mol. The van der Waals surface area contributed by atoms with E-state index < -0.39 is 0 Å². The summed E-state index contributed by atoms with van der Waals surface area (Å²) < 4.78 is 11.7. The van der Waals surface area contributed by atoms with Gasteiger partial charge in [-0.2, -0.15) is 0 Å². The molecule has 2 heterocycles. The lowest BCUT2D eigenvalue weighted by molar-refractivity contribution is 0.315. The van der Waals surface area contributed by atoms with E-state index in [9.17, 15) is 0 Å². The summed E-state index contributed by atoms with van der Waals surface area (Å²) in [6.45, 7) is 11.2. The summed E-state index contributed by atoms with van der Waals surface area (Å²) in [5, 5.41) is 10.5. The van der Waals surface area contributed by atoms with Gasteiger partial charge in [-0.05, 0) is 39.4 Å². The summed E-state index contributed by atoms with van der Waals surface area (Å²) >= 11 is 1.58. The molecular formula is C21H28N4O2S. The van der Waals surface area contributed by atoms with E-state index in [0.29, 0.717) is 19.3 Å². The maximum Gasteiger partial charge on any atom is 0.183 e. The van der Waals surface area contributed by atoms with Crippen molar-refractivity contribution >= 4 is 27.4 Å². The summed E-state index contributed by atoms with van der Waals surface area (Å²) in [6, 6.07) is 8.24. The van der Waals surface area contributed by atoms with E-state index in [2.05, 4.69) is 36.4 Å². The predicted octanol–water partition coefficient (Wildman–Crippen LogP) is 4.57. The molecule has 0 radical (unpaired) electrons. The molecule has 28 heavy (non-hydrogen) atoms. The first-order valence-corrected chi connectivity index (χ1v) is 10.6. The van der Waals surface area contributed by atoms with Gasteiger partial charge in [-0.3, -0.25) is 0 Å². The van der Waals surface area contributed by atoms with E-state index in [0.717, 1.165) is 52.0 Å². The molecule has 3 rings (SSSR count). The molecule has 0 saturated carbocycles. The van der Waals surface area contributed by atoms with Gasteiger partial charge in [0.25, 0.3) is 0 Å². The van der Waals surface area contributed by atoms with Gasteiger partial charge in [0.1, 0.15) is 23.8 Å². The third-order valence-electron chi connectivity index (χ3n) is 4.02. The van der Waals surface area contributed by atoms with Crippen molar-refractivity contribution in [2.45, 2.75) is 33.7 Å². The second-order valence-electron chi connectivity index (χ2n) is 6.66. The van der Waals surface area contributed by atoms with E-state index >= 15 is 0 Å². The molecule has 2 N–H and O–H groups in total. The monoisotopic (exact) mass is 400 g/mol. The summed E-state index contributed by atoms with van der Waals surface area (Å²) in [5.74, 6) is 1.62.